The van der Waals surface area contributed by atoms with E-state index in [2.05, 4.69) is 26.0 Å². The highest BCUT2D eigenvalue weighted by Crippen LogP contribution is 2.33. The molecule has 0 N–H and O–H groups in total. The Balaban J connectivity index is 1.95. The zero-order valence-electron chi connectivity index (χ0n) is 19.1. The topological polar surface area (TPSA) is 53.2 Å². The molecule has 0 atom stereocenters. The van der Waals surface area contributed by atoms with Crippen LogP contribution < -0.4 is 19.6 Å². The van der Waals surface area contributed by atoms with E-state index >= 15 is 0 Å². The second kappa shape index (κ2) is 9.18. The Morgan fingerprint density at radius 2 is 1.62 bits per heavy atom. The smallest absolute Gasteiger partial charge is 0.161 e. The third-order valence-corrected chi connectivity index (χ3v) is 5.43. The van der Waals surface area contributed by atoms with Crippen LogP contribution in [0.15, 0.2) is 70.1 Å². The molecular formula is C27H27NO4. The first-order valence-electron chi connectivity index (χ1n) is 10.6. The molecule has 0 fully saturated rings. The zero-order chi connectivity index (χ0) is 22.7. The fraction of sp³-hybridized carbons (Fsp3) is 0.222. The fourth-order valence-electron chi connectivity index (χ4n) is 3.56. The summed E-state index contributed by atoms with van der Waals surface area (Å²) in [5.41, 5.74) is 4.92. The summed E-state index contributed by atoms with van der Waals surface area (Å²) in [6.07, 6.45) is 0. The molecule has 0 unspecified atom stereocenters. The largest absolute Gasteiger partial charge is 0.494 e. The Hall–Kier alpha value is -3.73. The van der Waals surface area contributed by atoms with Crippen molar-refractivity contribution < 1.29 is 18.6 Å². The van der Waals surface area contributed by atoms with Gasteiger partial charge in [0, 0.05) is 17.0 Å². The minimum absolute atomic E-state index is 0.593. The average molecular weight is 430 g/mol. The lowest BCUT2D eigenvalue weighted by Gasteiger charge is -2.11. The molecule has 0 spiro atoms. The van der Waals surface area contributed by atoms with Gasteiger partial charge in [0.2, 0.25) is 0 Å². The van der Waals surface area contributed by atoms with Crippen molar-refractivity contribution >= 4 is 16.7 Å². The first-order valence-corrected chi connectivity index (χ1v) is 10.6. The van der Waals surface area contributed by atoms with E-state index in [4.69, 9.17) is 23.6 Å². The number of hydrogen-bond donors (Lipinski definition) is 0. The standard InChI is InChI=1S/C27H27NO4/c1-6-31-21-10-12-24-22(15-21)23(28-20-9-7-17(2)18(3)13-20)16-26(32-24)19-8-11-25(29-4)27(14-19)30-5/h7-16H,6H2,1-5H3. The number of rotatable bonds is 6. The number of methoxy groups -OCH3 is 2. The van der Waals surface area contributed by atoms with Crippen LogP contribution in [0, 0.1) is 13.8 Å². The molecule has 0 aliphatic rings. The second-order valence-corrected chi connectivity index (χ2v) is 7.54. The lowest BCUT2D eigenvalue weighted by Crippen LogP contribution is -2.04. The van der Waals surface area contributed by atoms with Crippen LogP contribution in [-0.2, 0) is 0 Å². The van der Waals surface area contributed by atoms with E-state index in [9.17, 15) is 0 Å². The van der Waals surface area contributed by atoms with Crippen LogP contribution in [-0.4, -0.2) is 20.8 Å². The molecule has 0 aliphatic heterocycles. The van der Waals surface area contributed by atoms with Crippen LogP contribution in [0.25, 0.3) is 22.3 Å². The van der Waals surface area contributed by atoms with Gasteiger partial charge in [-0.1, -0.05) is 6.07 Å². The molecule has 0 amide bonds. The van der Waals surface area contributed by atoms with Crippen LogP contribution in [0.3, 0.4) is 0 Å². The molecule has 4 rings (SSSR count). The average Bonchev–Trinajstić information content (AvgIpc) is 2.81. The molecule has 1 heterocycles. The molecule has 5 heteroatoms. The predicted octanol–water partition coefficient (Wildman–Crippen LogP) is 6.36. The summed E-state index contributed by atoms with van der Waals surface area (Å²) >= 11 is 0. The Morgan fingerprint density at radius 1 is 0.812 bits per heavy atom. The maximum absolute atomic E-state index is 6.26. The lowest BCUT2D eigenvalue weighted by atomic mass is 10.1. The molecule has 0 saturated heterocycles. The van der Waals surface area contributed by atoms with Crippen LogP contribution in [0.5, 0.6) is 17.2 Å². The highest BCUT2D eigenvalue weighted by atomic mass is 16.5. The maximum Gasteiger partial charge on any atom is 0.161 e. The van der Waals surface area contributed by atoms with Gasteiger partial charge in [-0.3, -0.25) is 0 Å². The van der Waals surface area contributed by atoms with E-state index in [0.717, 1.165) is 33.3 Å². The number of ether oxygens (including phenoxy) is 3. The van der Waals surface area contributed by atoms with E-state index in [0.29, 0.717) is 23.9 Å². The van der Waals surface area contributed by atoms with E-state index < -0.39 is 0 Å². The van der Waals surface area contributed by atoms with Gasteiger partial charge in [0.15, 0.2) is 11.5 Å². The van der Waals surface area contributed by atoms with Crippen molar-refractivity contribution in [3.05, 3.63) is 77.1 Å². The molecule has 0 aliphatic carbocycles. The fourth-order valence-corrected chi connectivity index (χ4v) is 3.56. The van der Waals surface area contributed by atoms with Crippen molar-refractivity contribution in [2.75, 3.05) is 20.8 Å². The van der Waals surface area contributed by atoms with Crippen molar-refractivity contribution in [2.24, 2.45) is 4.99 Å². The number of benzene rings is 3. The summed E-state index contributed by atoms with van der Waals surface area (Å²) in [5, 5.41) is 1.69. The molecule has 0 saturated carbocycles. The molecule has 164 valence electrons. The van der Waals surface area contributed by atoms with E-state index in [-0.39, 0.29) is 0 Å². The van der Waals surface area contributed by atoms with Crippen LogP contribution in [0.2, 0.25) is 0 Å². The van der Waals surface area contributed by atoms with Crippen LogP contribution >= 0.6 is 0 Å². The van der Waals surface area contributed by atoms with Gasteiger partial charge < -0.3 is 18.6 Å². The SMILES string of the molecule is CCOc1ccc2oc(-c3ccc(OC)c(OC)c3)cc(=Nc3ccc(C)c(C)c3)c2c1. The molecule has 0 bridgehead atoms. The van der Waals surface area contributed by atoms with Gasteiger partial charge in [0.25, 0.3) is 0 Å². The predicted molar refractivity (Wildman–Crippen MR) is 127 cm³/mol. The Kier molecular flexibility index (Phi) is 6.17. The number of hydrogen-bond acceptors (Lipinski definition) is 5. The van der Waals surface area contributed by atoms with Gasteiger partial charge >= 0.3 is 0 Å². The Morgan fingerprint density at radius 3 is 2.34 bits per heavy atom. The maximum atomic E-state index is 6.26. The zero-order valence-corrected chi connectivity index (χ0v) is 19.1. The normalized spacial score (nSPS) is 11.6. The number of aryl methyl sites for hydroxylation is 2. The summed E-state index contributed by atoms with van der Waals surface area (Å²) < 4.78 is 22.8. The van der Waals surface area contributed by atoms with Gasteiger partial charge in [-0.25, -0.2) is 4.99 Å². The quantitative estimate of drug-likeness (QED) is 0.358. The Bertz CT molecular complexity index is 1340. The minimum atomic E-state index is 0.593. The van der Waals surface area contributed by atoms with Gasteiger partial charge in [-0.15, -0.1) is 0 Å². The molecule has 0 radical (unpaired) electrons. The first kappa shape index (κ1) is 21.5. The van der Waals surface area contributed by atoms with Gasteiger partial charge in [0.05, 0.1) is 31.9 Å². The van der Waals surface area contributed by atoms with Crippen LogP contribution in [0.1, 0.15) is 18.1 Å². The number of nitrogens with zero attached hydrogens (tertiary/aromatic N) is 1. The third kappa shape index (κ3) is 4.33. The highest BCUT2D eigenvalue weighted by molar-refractivity contribution is 5.80. The van der Waals surface area contributed by atoms with E-state index in [1.165, 1.54) is 11.1 Å². The summed E-state index contributed by atoms with van der Waals surface area (Å²) in [7, 11) is 3.24. The van der Waals surface area contributed by atoms with Gasteiger partial charge in [-0.05, 0) is 80.4 Å². The van der Waals surface area contributed by atoms with Crippen molar-refractivity contribution in [3.8, 4) is 28.6 Å². The Labute approximate surface area is 187 Å². The summed E-state index contributed by atoms with van der Waals surface area (Å²) in [6, 6.07) is 19.7. The summed E-state index contributed by atoms with van der Waals surface area (Å²) in [6.45, 7) is 6.75. The van der Waals surface area contributed by atoms with Crippen molar-refractivity contribution in [2.45, 2.75) is 20.8 Å². The molecule has 5 nitrogen and oxygen atoms in total. The molecular weight excluding hydrogens is 402 g/mol. The highest BCUT2D eigenvalue weighted by Gasteiger charge is 2.11. The lowest BCUT2D eigenvalue weighted by molar-refractivity contribution is 0.340. The summed E-state index contributed by atoms with van der Waals surface area (Å²) in [5.74, 6) is 2.77. The molecule has 3 aromatic carbocycles. The van der Waals surface area contributed by atoms with E-state index in [1.807, 2.05) is 55.5 Å². The van der Waals surface area contributed by atoms with Crippen molar-refractivity contribution in [1.82, 2.24) is 0 Å². The molecule has 1 aromatic heterocycles. The molecule has 4 aromatic rings. The van der Waals surface area contributed by atoms with Gasteiger partial charge in [-0.2, -0.15) is 0 Å². The minimum Gasteiger partial charge on any atom is -0.494 e. The summed E-state index contributed by atoms with van der Waals surface area (Å²) in [4.78, 5) is 4.96. The van der Waals surface area contributed by atoms with Crippen LogP contribution in [0.4, 0.5) is 5.69 Å². The number of fused-ring (bicyclic) bond motifs is 1. The third-order valence-electron chi connectivity index (χ3n) is 5.43. The molecule has 32 heavy (non-hydrogen) atoms. The second-order valence-electron chi connectivity index (χ2n) is 7.54. The van der Waals surface area contributed by atoms with E-state index in [1.54, 1.807) is 14.2 Å². The first-order chi connectivity index (χ1) is 15.5. The van der Waals surface area contributed by atoms with Crippen molar-refractivity contribution in [3.63, 3.8) is 0 Å². The van der Waals surface area contributed by atoms with Gasteiger partial charge in [0.1, 0.15) is 17.1 Å². The monoisotopic (exact) mass is 429 g/mol. The van der Waals surface area contributed by atoms with Crippen molar-refractivity contribution in [1.29, 1.82) is 0 Å².